The number of pyridine rings is 1. The molecule has 0 bridgehead atoms. The predicted molar refractivity (Wildman–Crippen MR) is 83.1 cm³/mol. The molecule has 0 spiro atoms. The van der Waals surface area contributed by atoms with Gasteiger partial charge in [-0.2, -0.15) is 0 Å². The van der Waals surface area contributed by atoms with E-state index in [2.05, 4.69) is 16.4 Å². The topological polar surface area (TPSA) is 45.2 Å². The molecular weight excluding hydrogens is 262 g/mol. The maximum Gasteiger partial charge on any atom is 0.240 e. The Hall–Kier alpha value is -2.20. The Balaban J connectivity index is 1.59. The molecule has 4 heteroatoms. The van der Waals surface area contributed by atoms with E-state index in [1.807, 2.05) is 35.2 Å². The van der Waals surface area contributed by atoms with Crippen LogP contribution in [0.25, 0.3) is 0 Å². The van der Waals surface area contributed by atoms with Crippen LogP contribution in [0, 0.1) is 0 Å². The minimum atomic E-state index is 0.135. The van der Waals surface area contributed by atoms with Gasteiger partial charge in [-0.1, -0.05) is 18.2 Å². The highest BCUT2D eigenvalue weighted by Crippen LogP contribution is 2.26. The van der Waals surface area contributed by atoms with Gasteiger partial charge >= 0.3 is 0 Å². The van der Waals surface area contributed by atoms with Crippen LogP contribution in [-0.2, 0) is 17.8 Å². The lowest BCUT2D eigenvalue weighted by Crippen LogP contribution is -2.41. The first kappa shape index (κ1) is 13.8. The lowest BCUT2D eigenvalue weighted by atomic mass is 10.0. The lowest BCUT2D eigenvalue weighted by Gasteiger charge is -2.29. The molecule has 0 radical (unpaired) electrons. The molecule has 4 nitrogen and oxygen atoms in total. The molecule has 0 fully saturated rings. The van der Waals surface area contributed by atoms with E-state index in [1.165, 1.54) is 5.56 Å². The van der Waals surface area contributed by atoms with Crippen LogP contribution in [0.3, 0.4) is 0 Å². The zero-order valence-corrected chi connectivity index (χ0v) is 12.0. The van der Waals surface area contributed by atoms with Crippen LogP contribution in [-0.4, -0.2) is 24.0 Å². The molecule has 0 aliphatic carbocycles. The van der Waals surface area contributed by atoms with Gasteiger partial charge in [0.25, 0.3) is 0 Å². The molecule has 2 aromatic rings. The first-order valence-electron chi connectivity index (χ1n) is 7.32. The third kappa shape index (κ3) is 3.28. The Labute approximate surface area is 124 Å². The molecular formula is C17H19N3O. The fraction of sp³-hybridized carbons (Fsp3) is 0.294. The molecule has 2 heterocycles. The van der Waals surface area contributed by atoms with Crippen LogP contribution in [0.5, 0.6) is 0 Å². The molecule has 1 aliphatic rings. The standard InChI is InChI=1S/C17H19N3O/c21-17(13-19-12-14-7-9-18-10-8-14)20-11-3-5-15-4-1-2-6-16(15)20/h1-2,4,6-10,19H,3,5,11-13H2. The number of amides is 1. The van der Waals surface area contributed by atoms with Crippen molar-refractivity contribution < 1.29 is 4.79 Å². The Morgan fingerprint density at radius 2 is 2.00 bits per heavy atom. The molecule has 1 aromatic carbocycles. The van der Waals surface area contributed by atoms with Gasteiger partial charge < -0.3 is 10.2 Å². The van der Waals surface area contributed by atoms with Crippen molar-refractivity contribution in [2.45, 2.75) is 19.4 Å². The van der Waals surface area contributed by atoms with E-state index in [4.69, 9.17) is 0 Å². The van der Waals surface area contributed by atoms with Crippen molar-refractivity contribution in [2.75, 3.05) is 18.0 Å². The molecule has 1 amide bonds. The fourth-order valence-corrected chi connectivity index (χ4v) is 2.70. The van der Waals surface area contributed by atoms with Gasteiger partial charge in [0.2, 0.25) is 5.91 Å². The summed E-state index contributed by atoms with van der Waals surface area (Å²) in [6.07, 6.45) is 5.62. The summed E-state index contributed by atoms with van der Waals surface area (Å²) in [6, 6.07) is 12.1. The van der Waals surface area contributed by atoms with Crippen molar-refractivity contribution in [2.24, 2.45) is 0 Å². The average Bonchev–Trinajstić information content (AvgIpc) is 2.55. The number of nitrogens with zero attached hydrogens (tertiary/aromatic N) is 2. The second-order valence-corrected chi connectivity index (χ2v) is 5.24. The van der Waals surface area contributed by atoms with Crippen molar-refractivity contribution in [1.82, 2.24) is 10.3 Å². The van der Waals surface area contributed by atoms with Gasteiger partial charge in [-0.05, 0) is 42.2 Å². The molecule has 0 saturated heterocycles. The van der Waals surface area contributed by atoms with E-state index in [-0.39, 0.29) is 5.91 Å². The largest absolute Gasteiger partial charge is 0.311 e. The molecule has 1 aliphatic heterocycles. The maximum absolute atomic E-state index is 12.4. The number of hydrogen-bond donors (Lipinski definition) is 1. The van der Waals surface area contributed by atoms with E-state index < -0.39 is 0 Å². The molecule has 1 aromatic heterocycles. The molecule has 0 atom stereocenters. The van der Waals surface area contributed by atoms with E-state index in [1.54, 1.807) is 12.4 Å². The van der Waals surface area contributed by atoms with Crippen LogP contribution in [0.2, 0.25) is 0 Å². The Morgan fingerprint density at radius 1 is 1.19 bits per heavy atom. The summed E-state index contributed by atoms with van der Waals surface area (Å²) >= 11 is 0. The number of carbonyl (C=O) groups is 1. The predicted octanol–water partition coefficient (Wildman–Crippen LogP) is 2.15. The first-order chi connectivity index (χ1) is 10.3. The van der Waals surface area contributed by atoms with Crippen LogP contribution >= 0.6 is 0 Å². The van der Waals surface area contributed by atoms with E-state index in [0.29, 0.717) is 13.1 Å². The minimum Gasteiger partial charge on any atom is -0.311 e. The van der Waals surface area contributed by atoms with Gasteiger partial charge in [0.05, 0.1) is 6.54 Å². The summed E-state index contributed by atoms with van der Waals surface area (Å²) in [4.78, 5) is 18.3. The number of carbonyl (C=O) groups excluding carboxylic acids is 1. The number of nitrogens with one attached hydrogen (secondary N) is 1. The maximum atomic E-state index is 12.4. The number of aryl methyl sites for hydroxylation is 1. The van der Waals surface area contributed by atoms with Gasteiger partial charge in [0, 0.05) is 31.2 Å². The molecule has 0 saturated carbocycles. The van der Waals surface area contributed by atoms with Crippen molar-refractivity contribution in [3.05, 3.63) is 59.9 Å². The normalized spacial score (nSPS) is 13.8. The van der Waals surface area contributed by atoms with Gasteiger partial charge in [0.15, 0.2) is 0 Å². The number of fused-ring (bicyclic) bond motifs is 1. The average molecular weight is 281 g/mol. The van der Waals surface area contributed by atoms with Crippen molar-refractivity contribution in [3.8, 4) is 0 Å². The number of anilines is 1. The smallest absolute Gasteiger partial charge is 0.240 e. The Bertz CT molecular complexity index is 612. The Kier molecular flexibility index (Phi) is 4.26. The van der Waals surface area contributed by atoms with Crippen LogP contribution in [0.1, 0.15) is 17.5 Å². The summed E-state index contributed by atoms with van der Waals surface area (Å²) in [6.45, 7) is 1.85. The fourth-order valence-electron chi connectivity index (χ4n) is 2.70. The summed E-state index contributed by atoms with van der Waals surface area (Å²) < 4.78 is 0. The van der Waals surface area contributed by atoms with Crippen molar-refractivity contribution in [3.63, 3.8) is 0 Å². The summed E-state index contributed by atoms with van der Waals surface area (Å²) in [5.74, 6) is 0.135. The number of aromatic nitrogens is 1. The van der Waals surface area contributed by atoms with E-state index in [0.717, 1.165) is 30.6 Å². The molecule has 1 N–H and O–H groups in total. The molecule has 0 unspecified atom stereocenters. The molecule has 108 valence electrons. The SMILES string of the molecule is O=C(CNCc1ccncc1)N1CCCc2ccccc21. The van der Waals surface area contributed by atoms with E-state index >= 15 is 0 Å². The summed E-state index contributed by atoms with van der Waals surface area (Å²) in [5.41, 5.74) is 3.47. The molecule has 21 heavy (non-hydrogen) atoms. The number of rotatable bonds is 4. The summed E-state index contributed by atoms with van der Waals surface area (Å²) in [5, 5.41) is 3.21. The van der Waals surface area contributed by atoms with Crippen molar-refractivity contribution in [1.29, 1.82) is 0 Å². The van der Waals surface area contributed by atoms with Crippen LogP contribution in [0.15, 0.2) is 48.8 Å². The van der Waals surface area contributed by atoms with Gasteiger partial charge in [-0.3, -0.25) is 9.78 Å². The highest BCUT2D eigenvalue weighted by atomic mass is 16.2. The van der Waals surface area contributed by atoms with E-state index in [9.17, 15) is 4.79 Å². The Morgan fingerprint density at radius 3 is 2.86 bits per heavy atom. The molecule has 3 rings (SSSR count). The van der Waals surface area contributed by atoms with Crippen LogP contribution < -0.4 is 10.2 Å². The third-order valence-corrected chi connectivity index (χ3v) is 3.77. The lowest BCUT2D eigenvalue weighted by molar-refractivity contribution is -0.117. The zero-order valence-electron chi connectivity index (χ0n) is 12.0. The monoisotopic (exact) mass is 281 g/mol. The van der Waals surface area contributed by atoms with Gasteiger partial charge in [0.1, 0.15) is 0 Å². The summed E-state index contributed by atoms with van der Waals surface area (Å²) in [7, 11) is 0. The highest BCUT2D eigenvalue weighted by Gasteiger charge is 2.21. The van der Waals surface area contributed by atoms with Crippen LogP contribution in [0.4, 0.5) is 5.69 Å². The first-order valence-corrected chi connectivity index (χ1v) is 7.32. The highest BCUT2D eigenvalue weighted by molar-refractivity contribution is 5.95. The minimum absolute atomic E-state index is 0.135. The number of benzene rings is 1. The van der Waals surface area contributed by atoms with Crippen molar-refractivity contribution >= 4 is 11.6 Å². The van der Waals surface area contributed by atoms with Gasteiger partial charge in [-0.15, -0.1) is 0 Å². The second-order valence-electron chi connectivity index (χ2n) is 5.24. The number of hydrogen-bond acceptors (Lipinski definition) is 3. The zero-order chi connectivity index (χ0) is 14.5. The quantitative estimate of drug-likeness (QED) is 0.934. The third-order valence-electron chi connectivity index (χ3n) is 3.77. The van der Waals surface area contributed by atoms with Gasteiger partial charge in [-0.25, -0.2) is 0 Å². The number of para-hydroxylation sites is 1. The second kappa shape index (κ2) is 6.50.